The van der Waals surface area contributed by atoms with E-state index in [1.54, 1.807) is 18.5 Å². The van der Waals surface area contributed by atoms with Gasteiger partial charge in [-0.1, -0.05) is 6.92 Å². The van der Waals surface area contributed by atoms with Crippen molar-refractivity contribution >= 4 is 27.5 Å². The van der Waals surface area contributed by atoms with Crippen LogP contribution in [0.4, 0.5) is 0 Å². The number of aromatic nitrogens is 3. The van der Waals surface area contributed by atoms with Gasteiger partial charge in [0.25, 0.3) is 5.56 Å². The van der Waals surface area contributed by atoms with Gasteiger partial charge in [-0.3, -0.25) is 19.1 Å². The standard InChI is InChI=1S/C16H16N4O2S/c1-2-12(11-3-6-17-7-4-11)19-14(21)9-20-10-18-13-5-8-23-15(13)16(20)22/h3-8,10,12H,2,9H2,1H3,(H,19,21). The molecular formula is C16H16N4O2S. The van der Waals surface area contributed by atoms with Gasteiger partial charge < -0.3 is 5.32 Å². The molecule has 1 N–H and O–H groups in total. The molecule has 0 bridgehead atoms. The number of nitrogens with zero attached hydrogens (tertiary/aromatic N) is 3. The molecule has 0 spiro atoms. The van der Waals surface area contributed by atoms with Gasteiger partial charge in [0.15, 0.2) is 0 Å². The van der Waals surface area contributed by atoms with E-state index in [9.17, 15) is 9.59 Å². The third kappa shape index (κ3) is 3.29. The average Bonchev–Trinajstić information content (AvgIpc) is 3.05. The van der Waals surface area contributed by atoms with E-state index in [4.69, 9.17) is 0 Å². The number of nitrogens with one attached hydrogen (secondary N) is 1. The van der Waals surface area contributed by atoms with Gasteiger partial charge in [0.2, 0.25) is 5.91 Å². The summed E-state index contributed by atoms with van der Waals surface area (Å²) >= 11 is 1.34. The van der Waals surface area contributed by atoms with E-state index in [2.05, 4.69) is 15.3 Å². The minimum Gasteiger partial charge on any atom is -0.348 e. The average molecular weight is 328 g/mol. The lowest BCUT2D eigenvalue weighted by molar-refractivity contribution is -0.122. The lowest BCUT2D eigenvalue weighted by atomic mass is 10.1. The molecule has 0 saturated heterocycles. The topological polar surface area (TPSA) is 76.9 Å². The number of carbonyl (C=O) groups excluding carboxylic acids is 1. The van der Waals surface area contributed by atoms with Gasteiger partial charge in [-0.2, -0.15) is 0 Å². The van der Waals surface area contributed by atoms with Crippen LogP contribution in [-0.4, -0.2) is 20.4 Å². The van der Waals surface area contributed by atoms with Crippen molar-refractivity contribution in [2.24, 2.45) is 0 Å². The number of hydrogen-bond acceptors (Lipinski definition) is 5. The lowest BCUT2D eigenvalue weighted by Crippen LogP contribution is -2.34. The van der Waals surface area contributed by atoms with Crippen LogP contribution in [0.15, 0.2) is 47.1 Å². The summed E-state index contributed by atoms with van der Waals surface area (Å²) in [7, 11) is 0. The minimum absolute atomic E-state index is 0.0404. The molecule has 1 amide bonds. The first-order valence-electron chi connectivity index (χ1n) is 7.31. The van der Waals surface area contributed by atoms with Crippen molar-refractivity contribution < 1.29 is 4.79 Å². The van der Waals surface area contributed by atoms with Gasteiger partial charge >= 0.3 is 0 Å². The SMILES string of the molecule is CCC(NC(=O)Cn1cnc2ccsc2c1=O)c1ccncc1. The molecule has 7 heteroatoms. The molecule has 1 atom stereocenters. The molecule has 6 nitrogen and oxygen atoms in total. The van der Waals surface area contributed by atoms with Crippen LogP contribution < -0.4 is 10.9 Å². The maximum absolute atomic E-state index is 12.3. The summed E-state index contributed by atoms with van der Waals surface area (Å²) in [6.45, 7) is 1.96. The van der Waals surface area contributed by atoms with Crippen molar-refractivity contribution in [3.63, 3.8) is 0 Å². The fourth-order valence-electron chi connectivity index (χ4n) is 2.40. The first-order chi connectivity index (χ1) is 11.2. The Bertz CT molecular complexity index is 872. The molecule has 3 rings (SSSR count). The van der Waals surface area contributed by atoms with Crippen molar-refractivity contribution in [2.45, 2.75) is 25.9 Å². The Balaban J connectivity index is 1.75. The second kappa shape index (κ2) is 6.70. The van der Waals surface area contributed by atoms with E-state index in [0.29, 0.717) is 10.2 Å². The fraction of sp³-hybridized carbons (Fsp3) is 0.250. The van der Waals surface area contributed by atoms with Crippen LogP contribution in [0.2, 0.25) is 0 Å². The zero-order valence-corrected chi connectivity index (χ0v) is 13.4. The predicted molar refractivity (Wildman–Crippen MR) is 89.3 cm³/mol. The second-order valence-corrected chi connectivity index (χ2v) is 6.04. The fourth-order valence-corrected chi connectivity index (χ4v) is 3.20. The summed E-state index contributed by atoms with van der Waals surface area (Å²) in [6.07, 6.45) is 5.57. The number of rotatable bonds is 5. The number of hydrogen-bond donors (Lipinski definition) is 1. The zero-order chi connectivity index (χ0) is 16.2. The molecule has 3 aromatic heterocycles. The van der Waals surface area contributed by atoms with E-state index in [-0.39, 0.29) is 24.1 Å². The summed E-state index contributed by atoms with van der Waals surface area (Å²) in [6, 6.07) is 5.45. The Morgan fingerprint density at radius 2 is 2.13 bits per heavy atom. The van der Waals surface area contributed by atoms with Crippen LogP contribution in [0.3, 0.4) is 0 Å². The minimum atomic E-state index is -0.214. The number of amides is 1. The van der Waals surface area contributed by atoms with Crippen LogP contribution in [0, 0.1) is 0 Å². The summed E-state index contributed by atoms with van der Waals surface area (Å²) < 4.78 is 1.91. The molecule has 23 heavy (non-hydrogen) atoms. The second-order valence-electron chi connectivity index (χ2n) is 5.12. The molecule has 3 aromatic rings. The molecule has 0 aliphatic heterocycles. The summed E-state index contributed by atoms with van der Waals surface area (Å²) in [5.41, 5.74) is 1.48. The highest BCUT2D eigenvalue weighted by Crippen LogP contribution is 2.15. The van der Waals surface area contributed by atoms with Gasteiger partial charge in [0, 0.05) is 12.4 Å². The predicted octanol–water partition coefficient (Wildman–Crippen LogP) is 2.12. The van der Waals surface area contributed by atoms with Crippen molar-refractivity contribution in [1.82, 2.24) is 19.9 Å². The summed E-state index contributed by atoms with van der Waals surface area (Å²) in [4.78, 5) is 32.7. The molecule has 0 aliphatic carbocycles. The van der Waals surface area contributed by atoms with Crippen molar-refractivity contribution in [3.05, 3.63) is 58.2 Å². The Kier molecular flexibility index (Phi) is 4.47. The van der Waals surface area contributed by atoms with Crippen molar-refractivity contribution in [3.8, 4) is 0 Å². The molecular weight excluding hydrogens is 312 g/mol. The smallest absolute Gasteiger partial charge is 0.271 e. The van der Waals surface area contributed by atoms with E-state index >= 15 is 0 Å². The number of fused-ring (bicyclic) bond motifs is 1. The van der Waals surface area contributed by atoms with Gasteiger partial charge in [0.1, 0.15) is 11.2 Å². The normalized spacial score (nSPS) is 12.2. The first-order valence-corrected chi connectivity index (χ1v) is 8.19. The molecule has 1 unspecified atom stereocenters. The van der Waals surface area contributed by atoms with Crippen LogP contribution in [0.1, 0.15) is 24.9 Å². The Morgan fingerprint density at radius 1 is 1.35 bits per heavy atom. The van der Waals surface area contributed by atoms with Crippen molar-refractivity contribution in [2.75, 3.05) is 0 Å². The highest BCUT2D eigenvalue weighted by atomic mass is 32.1. The number of thiophene rings is 1. The van der Waals surface area contributed by atoms with Gasteiger partial charge in [0.05, 0.1) is 17.9 Å². The highest BCUT2D eigenvalue weighted by molar-refractivity contribution is 7.17. The molecule has 0 saturated carbocycles. The van der Waals surface area contributed by atoms with E-state index in [0.717, 1.165) is 12.0 Å². The largest absolute Gasteiger partial charge is 0.348 e. The quantitative estimate of drug-likeness (QED) is 0.778. The number of carbonyl (C=O) groups is 1. The molecule has 0 fully saturated rings. The Morgan fingerprint density at radius 3 is 2.87 bits per heavy atom. The summed E-state index contributed by atoms with van der Waals surface area (Å²) in [5.74, 6) is -0.214. The highest BCUT2D eigenvalue weighted by Gasteiger charge is 2.14. The Labute approximate surface area is 136 Å². The van der Waals surface area contributed by atoms with Crippen LogP contribution in [0.5, 0.6) is 0 Å². The van der Waals surface area contributed by atoms with Crippen LogP contribution in [-0.2, 0) is 11.3 Å². The van der Waals surface area contributed by atoms with E-state index in [1.807, 2.05) is 24.4 Å². The molecule has 0 radical (unpaired) electrons. The number of pyridine rings is 1. The van der Waals surface area contributed by atoms with Gasteiger partial charge in [-0.25, -0.2) is 4.98 Å². The Hall–Kier alpha value is -2.54. The molecule has 118 valence electrons. The molecule has 3 heterocycles. The maximum atomic E-state index is 12.3. The molecule has 0 aliphatic rings. The van der Waals surface area contributed by atoms with Crippen LogP contribution >= 0.6 is 11.3 Å². The lowest BCUT2D eigenvalue weighted by Gasteiger charge is -2.17. The van der Waals surface area contributed by atoms with E-state index in [1.165, 1.54) is 22.2 Å². The maximum Gasteiger partial charge on any atom is 0.271 e. The third-order valence-corrected chi connectivity index (χ3v) is 4.49. The van der Waals surface area contributed by atoms with Crippen LogP contribution in [0.25, 0.3) is 10.2 Å². The summed E-state index contributed by atoms with van der Waals surface area (Å²) in [5, 5.41) is 4.77. The van der Waals surface area contributed by atoms with Crippen molar-refractivity contribution in [1.29, 1.82) is 0 Å². The monoisotopic (exact) mass is 328 g/mol. The molecule has 0 aromatic carbocycles. The first kappa shape index (κ1) is 15.4. The van der Waals surface area contributed by atoms with E-state index < -0.39 is 0 Å². The zero-order valence-electron chi connectivity index (χ0n) is 12.6. The van der Waals surface area contributed by atoms with Gasteiger partial charge in [-0.05, 0) is 35.6 Å². The van der Waals surface area contributed by atoms with Gasteiger partial charge in [-0.15, -0.1) is 11.3 Å². The third-order valence-electron chi connectivity index (χ3n) is 3.60.